The summed E-state index contributed by atoms with van der Waals surface area (Å²) in [5.74, 6) is 2.05. The first-order valence-electron chi connectivity index (χ1n) is 5.76. The van der Waals surface area contributed by atoms with Gasteiger partial charge in [-0.15, -0.1) is 16.9 Å². The highest BCUT2D eigenvalue weighted by atomic mass is 79.9. The molecular formula is C12H13BrN2O2S2. The fourth-order valence-corrected chi connectivity index (χ4v) is 2.78. The summed E-state index contributed by atoms with van der Waals surface area (Å²) in [4.78, 5) is 0.301. The summed E-state index contributed by atoms with van der Waals surface area (Å²) in [6.45, 7) is 2.08. The number of aromatic nitrogens is 2. The van der Waals surface area contributed by atoms with Gasteiger partial charge in [0, 0.05) is 0 Å². The molecule has 0 bridgehead atoms. The lowest BCUT2D eigenvalue weighted by molar-refractivity contribution is 0.281. The van der Waals surface area contributed by atoms with Crippen LogP contribution in [0.3, 0.4) is 0 Å². The first kappa shape index (κ1) is 14.6. The van der Waals surface area contributed by atoms with Crippen molar-refractivity contribution >= 4 is 39.9 Å². The van der Waals surface area contributed by atoms with Gasteiger partial charge in [-0.2, -0.15) is 0 Å². The zero-order valence-electron chi connectivity index (χ0n) is 10.3. The Labute approximate surface area is 129 Å². The second kappa shape index (κ2) is 7.12. The number of nitrogens with zero attached hydrogens (tertiary/aromatic N) is 1. The van der Waals surface area contributed by atoms with Crippen LogP contribution < -0.4 is 4.74 Å². The molecule has 1 N–H and O–H groups in total. The maximum atomic E-state index is 5.93. The number of para-hydroxylation sites is 1. The van der Waals surface area contributed by atoms with Crippen LogP contribution >= 0.6 is 39.9 Å². The van der Waals surface area contributed by atoms with Crippen molar-refractivity contribution in [2.45, 2.75) is 24.5 Å². The molecule has 1 aromatic heterocycles. The molecule has 0 amide bonds. The molecule has 0 spiro atoms. The Bertz CT molecular complexity index is 585. The summed E-state index contributed by atoms with van der Waals surface area (Å²) in [5, 5.41) is 6.57. The van der Waals surface area contributed by atoms with Gasteiger partial charge in [0.1, 0.15) is 11.2 Å². The van der Waals surface area contributed by atoms with Crippen molar-refractivity contribution in [2.75, 3.05) is 0 Å². The highest BCUT2D eigenvalue weighted by Gasteiger charge is 2.12. The molecule has 19 heavy (non-hydrogen) atoms. The van der Waals surface area contributed by atoms with E-state index in [4.69, 9.17) is 21.4 Å². The van der Waals surface area contributed by atoms with Gasteiger partial charge in [0.05, 0.1) is 10.2 Å². The molecule has 0 radical (unpaired) electrons. The summed E-state index contributed by atoms with van der Waals surface area (Å²) < 4.78 is 12.1. The quantitative estimate of drug-likeness (QED) is 0.605. The average molecular weight is 361 g/mol. The molecule has 1 unspecified atom stereocenters. The third-order valence-electron chi connectivity index (χ3n) is 2.30. The highest BCUT2D eigenvalue weighted by Crippen LogP contribution is 2.29. The summed E-state index contributed by atoms with van der Waals surface area (Å²) in [7, 11) is 0. The number of rotatable bonds is 6. The van der Waals surface area contributed by atoms with E-state index in [0.29, 0.717) is 16.5 Å². The van der Waals surface area contributed by atoms with Gasteiger partial charge in [-0.25, -0.2) is 5.10 Å². The molecule has 4 nitrogen and oxygen atoms in total. The molecule has 2 rings (SSSR count). The number of thioether (sulfide) groups is 1. The van der Waals surface area contributed by atoms with Crippen molar-refractivity contribution < 1.29 is 9.15 Å². The van der Waals surface area contributed by atoms with Crippen LogP contribution in [0.4, 0.5) is 0 Å². The van der Waals surface area contributed by atoms with Gasteiger partial charge >= 0.3 is 0 Å². The smallest absolute Gasteiger partial charge is 0.284 e. The summed E-state index contributed by atoms with van der Waals surface area (Å²) in [6.07, 6.45) is 0.886. The van der Waals surface area contributed by atoms with Crippen molar-refractivity contribution in [1.29, 1.82) is 0 Å². The minimum atomic E-state index is 0.0409. The summed E-state index contributed by atoms with van der Waals surface area (Å²) in [6, 6.07) is 7.80. The number of halogens is 1. The number of benzene rings is 1. The number of H-pyrrole nitrogens is 1. The van der Waals surface area contributed by atoms with Crippen LogP contribution in [0, 0.1) is 4.84 Å². The Kier molecular flexibility index (Phi) is 5.47. The molecule has 1 heterocycles. The SMILES string of the molecule is CCC(Oc1ccccc1Br)SCc1n[nH]c(=S)o1. The lowest BCUT2D eigenvalue weighted by Gasteiger charge is -2.17. The standard InChI is InChI=1S/C12H13BrN2O2S2/c1-2-11(16-9-6-4-3-5-8(9)13)19-7-10-14-15-12(18)17-10/h3-6,11H,2,7H2,1H3,(H,15,18). The van der Waals surface area contributed by atoms with Gasteiger partial charge in [0.2, 0.25) is 5.89 Å². The van der Waals surface area contributed by atoms with Crippen LogP contribution in [-0.2, 0) is 5.75 Å². The number of ether oxygens (including phenoxy) is 1. The predicted octanol–water partition coefficient (Wildman–Crippen LogP) is 4.54. The number of nitrogens with one attached hydrogen (secondary N) is 1. The Morgan fingerprint density at radius 1 is 1.53 bits per heavy atom. The van der Waals surface area contributed by atoms with Gasteiger partial charge in [-0.3, -0.25) is 0 Å². The van der Waals surface area contributed by atoms with Crippen molar-refractivity contribution in [3.63, 3.8) is 0 Å². The van der Waals surface area contributed by atoms with Crippen molar-refractivity contribution in [3.05, 3.63) is 39.5 Å². The molecule has 0 fully saturated rings. The van der Waals surface area contributed by atoms with Gasteiger partial charge < -0.3 is 9.15 Å². The first-order chi connectivity index (χ1) is 9.19. The molecule has 0 aliphatic rings. The van der Waals surface area contributed by atoms with E-state index in [9.17, 15) is 0 Å². The normalized spacial score (nSPS) is 12.3. The largest absolute Gasteiger partial charge is 0.479 e. The lowest BCUT2D eigenvalue weighted by atomic mass is 10.3. The minimum Gasteiger partial charge on any atom is -0.479 e. The van der Waals surface area contributed by atoms with Crippen LogP contribution in [0.5, 0.6) is 5.75 Å². The zero-order valence-corrected chi connectivity index (χ0v) is 13.5. The number of hydrogen-bond donors (Lipinski definition) is 1. The van der Waals surface area contributed by atoms with Crippen LogP contribution in [0.2, 0.25) is 0 Å². The minimum absolute atomic E-state index is 0.0409. The van der Waals surface area contributed by atoms with Gasteiger partial charge in [-0.1, -0.05) is 19.1 Å². The van der Waals surface area contributed by atoms with Crippen molar-refractivity contribution in [3.8, 4) is 5.75 Å². The third kappa shape index (κ3) is 4.36. The van der Waals surface area contributed by atoms with Crippen molar-refractivity contribution in [1.82, 2.24) is 10.2 Å². The van der Waals surface area contributed by atoms with Crippen LogP contribution in [0.15, 0.2) is 33.2 Å². The Morgan fingerprint density at radius 3 is 2.95 bits per heavy atom. The van der Waals surface area contributed by atoms with E-state index in [1.807, 2.05) is 24.3 Å². The fraction of sp³-hybridized carbons (Fsp3) is 0.333. The molecule has 1 aromatic carbocycles. The Morgan fingerprint density at radius 2 is 2.32 bits per heavy atom. The second-order valence-electron chi connectivity index (χ2n) is 3.70. The topological polar surface area (TPSA) is 51.0 Å². The third-order valence-corrected chi connectivity index (χ3v) is 4.35. The molecule has 1 atom stereocenters. The molecule has 0 aliphatic carbocycles. The monoisotopic (exact) mass is 360 g/mol. The van der Waals surface area contributed by atoms with Gasteiger partial charge in [-0.05, 0) is 46.7 Å². The van der Waals surface area contributed by atoms with E-state index in [0.717, 1.165) is 16.6 Å². The predicted molar refractivity (Wildman–Crippen MR) is 81.8 cm³/mol. The van der Waals surface area contributed by atoms with E-state index >= 15 is 0 Å². The second-order valence-corrected chi connectivity index (χ2v) is 6.08. The van der Waals surface area contributed by atoms with Gasteiger partial charge in [0.25, 0.3) is 4.84 Å². The maximum absolute atomic E-state index is 5.93. The molecule has 0 aliphatic heterocycles. The fourth-order valence-electron chi connectivity index (χ4n) is 1.40. The summed E-state index contributed by atoms with van der Waals surface area (Å²) in [5.41, 5.74) is 0.0409. The van der Waals surface area contributed by atoms with E-state index in [-0.39, 0.29) is 5.44 Å². The molecule has 0 saturated carbocycles. The zero-order chi connectivity index (χ0) is 13.7. The molecule has 0 saturated heterocycles. The van der Waals surface area contributed by atoms with Crippen molar-refractivity contribution in [2.24, 2.45) is 0 Å². The molecule has 2 aromatic rings. The van der Waals surface area contributed by atoms with Crippen LogP contribution in [0.25, 0.3) is 0 Å². The van der Waals surface area contributed by atoms with Crippen LogP contribution in [0.1, 0.15) is 19.2 Å². The Hall–Kier alpha value is -0.790. The number of hydrogen-bond acceptors (Lipinski definition) is 5. The van der Waals surface area contributed by atoms with E-state index < -0.39 is 0 Å². The average Bonchev–Trinajstić information content (AvgIpc) is 2.82. The van der Waals surface area contributed by atoms with E-state index in [1.165, 1.54) is 0 Å². The molecule has 7 heteroatoms. The maximum Gasteiger partial charge on any atom is 0.284 e. The van der Waals surface area contributed by atoms with E-state index in [1.54, 1.807) is 11.8 Å². The van der Waals surface area contributed by atoms with Crippen LogP contribution in [-0.4, -0.2) is 15.6 Å². The highest BCUT2D eigenvalue weighted by molar-refractivity contribution is 9.10. The van der Waals surface area contributed by atoms with E-state index in [2.05, 4.69) is 33.1 Å². The molecular weight excluding hydrogens is 348 g/mol. The first-order valence-corrected chi connectivity index (χ1v) is 8.01. The molecule has 102 valence electrons. The van der Waals surface area contributed by atoms with Gasteiger partial charge in [0.15, 0.2) is 0 Å². The summed E-state index contributed by atoms with van der Waals surface area (Å²) >= 11 is 9.93. The lowest BCUT2D eigenvalue weighted by Crippen LogP contribution is -2.11. The Balaban J connectivity index is 1.93. The number of aromatic amines is 1.